The van der Waals surface area contributed by atoms with Crippen LogP contribution < -0.4 is 5.32 Å². The number of anilines is 1. The molecule has 1 heterocycles. The van der Waals surface area contributed by atoms with Crippen molar-refractivity contribution in [3.05, 3.63) is 65.7 Å². The summed E-state index contributed by atoms with van der Waals surface area (Å²) in [4.78, 5) is 2.03. The van der Waals surface area contributed by atoms with Crippen molar-refractivity contribution in [3.63, 3.8) is 0 Å². The molecule has 6 heteroatoms. The molecule has 0 aliphatic carbocycles. The summed E-state index contributed by atoms with van der Waals surface area (Å²) in [5.41, 5.74) is 3.37. The number of hydrogen-bond acceptors (Lipinski definition) is 3. The van der Waals surface area contributed by atoms with Gasteiger partial charge < -0.3 is 10.2 Å². The Hall–Kier alpha value is -1.92. The molecule has 1 atom stereocenters. The lowest BCUT2D eigenvalue weighted by Crippen LogP contribution is -2.43. The molecular formula is C22H28N2O2S2. The van der Waals surface area contributed by atoms with Crippen LogP contribution in [0.5, 0.6) is 0 Å². The molecule has 0 spiro atoms. The third-order valence-electron chi connectivity index (χ3n) is 5.13. The van der Waals surface area contributed by atoms with Gasteiger partial charge in [0, 0.05) is 18.3 Å². The number of thiocarbonyl (C=S) groups is 1. The van der Waals surface area contributed by atoms with Gasteiger partial charge in [0.25, 0.3) is 0 Å². The highest BCUT2D eigenvalue weighted by atomic mass is 32.2. The van der Waals surface area contributed by atoms with E-state index in [0.29, 0.717) is 18.1 Å². The summed E-state index contributed by atoms with van der Waals surface area (Å²) in [6.07, 6.45) is 4.07. The molecule has 1 N–H and O–H groups in total. The summed E-state index contributed by atoms with van der Waals surface area (Å²) in [6.45, 7) is 2.79. The van der Waals surface area contributed by atoms with Gasteiger partial charge in [-0.3, -0.25) is 0 Å². The zero-order chi connectivity index (χ0) is 20.0. The number of nitrogens with one attached hydrogen (secondary N) is 1. The predicted molar refractivity (Wildman–Crippen MR) is 120 cm³/mol. The standard InChI is InChI=1S/C22H28N2O2S2/c1-2-3-7-18-10-12-20(13-11-18)23-22(27)24(16-19-8-5-4-6-9-19)21-14-15-28(25,26)17-21/h4-6,8-13,21H,2-3,7,14-17H2,1H3,(H,23,27)/t21-/m1/s1. The van der Waals surface area contributed by atoms with Gasteiger partial charge in [-0.15, -0.1) is 0 Å². The van der Waals surface area contributed by atoms with Gasteiger partial charge in [-0.25, -0.2) is 8.42 Å². The summed E-state index contributed by atoms with van der Waals surface area (Å²) in [6, 6.07) is 18.3. The number of hydrogen-bond donors (Lipinski definition) is 1. The number of nitrogens with zero attached hydrogens (tertiary/aromatic N) is 1. The zero-order valence-electron chi connectivity index (χ0n) is 16.3. The highest BCUT2D eigenvalue weighted by molar-refractivity contribution is 7.91. The minimum Gasteiger partial charge on any atom is -0.341 e. The lowest BCUT2D eigenvalue weighted by molar-refractivity contribution is 0.332. The highest BCUT2D eigenvalue weighted by Crippen LogP contribution is 2.22. The molecule has 1 fully saturated rings. The molecule has 1 aliphatic heterocycles. The van der Waals surface area contributed by atoms with E-state index in [2.05, 4.69) is 24.4 Å². The average Bonchev–Trinajstić information content (AvgIpc) is 3.05. The molecule has 0 radical (unpaired) electrons. The van der Waals surface area contributed by atoms with Gasteiger partial charge in [-0.05, 0) is 54.7 Å². The van der Waals surface area contributed by atoms with Gasteiger partial charge in [0.05, 0.1) is 11.5 Å². The third kappa shape index (κ3) is 5.79. The number of unbranched alkanes of at least 4 members (excludes halogenated alkanes) is 1. The molecular weight excluding hydrogens is 388 g/mol. The molecule has 4 nitrogen and oxygen atoms in total. The van der Waals surface area contributed by atoms with E-state index in [1.807, 2.05) is 47.4 Å². The van der Waals surface area contributed by atoms with Gasteiger partial charge in [0.15, 0.2) is 14.9 Å². The molecule has 1 saturated heterocycles. The number of aryl methyl sites for hydroxylation is 1. The van der Waals surface area contributed by atoms with Gasteiger partial charge in [-0.2, -0.15) is 0 Å². The average molecular weight is 417 g/mol. The minimum absolute atomic E-state index is 0.0889. The van der Waals surface area contributed by atoms with E-state index >= 15 is 0 Å². The molecule has 0 bridgehead atoms. The van der Waals surface area contributed by atoms with Crippen molar-refractivity contribution in [1.29, 1.82) is 0 Å². The topological polar surface area (TPSA) is 49.4 Å². The zero-order valence-corrected chi connectivity index (χ0v) is 17.9. The van der Waals surface area contributed by atoms with Crippen LogP contribution in [0.15, 0.2) is 54.6 Å². The summed E-state index contributed by atoms with van der Waals surface area (Å²) >= 11 is 5.69. The van der Waals surface area contributed by atoms with Crippen molar-refractivity contribution >= 4 is 32.9 Å². The van der Waals surface area contributed by atoms with E-state index in [1.54, 1.807) is 0 Å². The van der Waals surface area contributed by atoms with Crippen LogP contribution in [0.4, 0.5) is 5.69 Å². The lowest BCUT2D eigenvalue weighted by atomic mass is 10.1. The first-order chi connectivity index (χ1) is 13.5. The maximum Gasteiger partial charge on any atom is 0.174 e. The molecule has 0 aromatic heterocycles. The van der Waals surface area contributed by atoms with Gasteiger partial charge >= 0.3 is 0 Å². The fraction of sp³-hybridized carbons (Fsp3) is 0.409. The summed E-state index contributed by atoms with van der Waals surface area (Å²) in [7, 11) is -2.98. The fourth-order valence-electron chi connectivity index (χ4n) is 3.50. The Bertz CT molecular complexity index is 881. The predicted octanol–water partition coefficient (Wildman–Crippen LogP) is 4.42. The van der Waals surface area contributed by atoms with E-state index in [0.717, 1.165) is 17.7 Å². The molecule has 3 rings (SSSR count). The van der Waals surface area contributed by atoms with E-state index in [4.69, 9.17) is 12.2 Å². The van der Waals surface area contributed by atoms with Crippen molar-refractivity contribution < 1.29 is 8.42 Å². The van der Waals surface area contributed by atoms with Crippen LogP contribution in [0.25, 0.3) is 0 Å². The van der Waals surface area contributed by atoms with Crippen molar-refractivity contribution in [1.82, 2.24) is 4.90 Å². The Labute approximate surface area is 173 Å². The van der Waals surface area contributed by atoms with Crippen LogP contribution >= 0.6 is 12.2 Å². The van der Waals surface area contributed by atoms with Crippen molar-refractivity contribution in [2.45, 2.75) is 45.2 Å². The van der Waals surface area contributed by atoms with Crippen LogP contribution in [-0.2, 0) is 22.8 Å². The number of sulfone groups is 1. The molecule has 28 heavy (non-hydrogen) atoms. The van der Waals surface area contributed by atoms with Crippen LogP contribution in [0, 0.1) is 0 Å². The lowest BCUT2D eigenvalue weighted by Gasteiger charge is -2.31. The van der Waals surface area contributed by atoms with E-state index < -0.39 is 9.84 Å². The smallest absolute Gasteiger partial charge is 0.174 e. The van der Waals surface area contributed by atoms with Crippen LogP contribution in [0.2, 0.25) is 0 Å². The largest absolute Gasteiger partial charge is 0.341 e. The van der Waals surface area contributed by atoms with Crippen LogP contribution in [0.1, 0.15) is 37.3 Å². The maximum atomic E-state index is 12.0. The Morgan fingerprint density at radius 2 is 1.82 bits per heavy atom. The molecule has 150 valence electrons. The SMILES string of the molecule is CCCCc1ccc(NC(=S)N(Cc2ccccc2)[C@@H]2CCS(=O)(=O)C2)cc1. The Kier molecular flexibility index (Phi) is 7.08. The second-order valence-electron chi connectivity index (χ2n) is 7.40. The summed E-state index contributed by atoms with van der Waals surface area (Å²) < 4.78 is 24.0. The summed E-state index contributed by atoms with van der Waals surface area (Å²) in [5.74, 6) is 0.398. The quantitative estimate of drug-likeness (QED) is 0.677. The highest BCUT2D eigenvalue weighted by Gasteiger charge is 2.33. The van der Waals surface area contributed by atoms with Gasteiger partial charge in [-0.1, -0.05) is 55.8 Å². The number of rotatable bonds is 7. The first-order valence-electron chi connectivity index (χ1n) is 9.88. The van der Waals surface area contributed by atoms with Crippen LogP contribution in [-0.4, -0.2) is 36.0 Å². The molecule has 2 aromatic carbocycles. The first kappa shape index (κ1) is 20.8. The van der Waals surface area contributed by atoms with Crippen molar-refractivity contribution in [2.75, 3.05) is 16.8 Å². The van der Waals surface area contributed by atoms with E-state index in [-0.39, 0.29) is 17.5 Å². The minimum atomic E-state index is -2.98. The first-order valence-corrected chi connectivity index (χ1v) is 12.1. The fourth-order valence-corrected chi connectivity index (χ4v) is 5.56. The second kappa shape index (κ2) is 9.52. The Morgan fingerprint density at radius 1 is 1.11 bits per heavy atom. The van der Waals surface area contributed by atoms with Crippen molar-refractivity contribution in [3.8, 4) is 0 Å². The normalized spacial score (nSPS) is 18.0. The van der Waals surface area contributed by atoms with E-state index in [1.165, 1.54) is 18.4 Å². The Balaban J connectivity index is 1.72. The molecule has 1 aliphatic rings. The second-order valence-corrected chi connectivity index (χ2v) is 10.0. The van der Waals surface area contributed by atoms with Gasteiger partial charge in [0.2, 0.25) is 0 Å². The van der Waals surface area contributed by atoms with Gasteiger partial charge in [0.1, 0.15) is 0 Å². The molecule has 0 unspecified atom stereocenters. The molecule has 2 aromatic rings. The monoisotopic (exact) mass is 416 g/mol. The van der Waals surface area contributed by atoms with Crippen LogP contribution in [0.3, 0.4) is 0 Å². The van der Waals surface area contributed by atoms with E-state index in [9.17, 15) is 8.42 Å². The summed E-state index contributed by atoms with van der Waals surface area (Å²) in [5, 5.41) is 3.89. The molecule has 0 amide bonds. The number of benzene rings is 2. The molecule has 0 saturated carbocycles. The van der Waals surface area contributed by atoms with Crippen molar-refractivity contribution in [2.24, 2.45) is 0 Å². The third-order valence-corrected chi connectivity index (χ3v) is 7.22. The maximum absolute atomic E-state index is 12.0. The Morgan fingerprint density at radius 3 is 2.43 bits per heavy atom.